The van der Waals surface area contributed by atoms with E-state index < -0.39 is 23.5 Å². The zero-order chi connectivity index (χ0) is 17.4. The zero-order valence-electron chi connectivity index (χ0n) is 14.1. The van der Waals surface area contributed by atoms with Crippen LogP contribution in [0.3, 0.4) is 0 Å². The molecule has 1 aliphatic carbocycles. The molecule has 0 spiro atoms. The molecule has 128 valence electrons. The maximum absolute atomic E-state index is 12.2. The monoisotopic (exact) mass is 328 g/mol. The molecule has 0 aromatic heterocycles. The molecule has 1 aromatic carbocycles. The van der Waals surface area contributed by atoms with Gasteiger partial charge in [-0.1, -0.05) is 49.6 Å². The number of ether oxygens (including phenoxy) is 1. The Labute approximate surface area is 143 Å². The smallest absolute Gasteiger partial charge is 0.306 e. The largest absolute Gasteiger partial charge is 0.453 e. The van der Waals surface area contributed by atoms with E-state index in [0.717, 1.165) is 24.8 Å². The van der Waals surface area contributed by atoms with E-state index >= 15 is 0 Å². The van der Waals surface area contributed by atoms with Crippen molar-refractivity contribution < 1.29 is 14.3 Å². The predicted molar refractivity (Wildman–Crippen MR) is 89.9 cm³/mol. The van der Waals surface area contributed by atoms with Crippen molar-refractivity contribution in [1.82, 2.24) is 5.32 Å². The Hall–Kier alpha value is -2.35. The van der Waals surface area contributed by atoms with Crippen LogP contribution in [-0.2, 0) is 20.7 Å². The molecule has 0 aliphatic heterocycles. The lowest BCUT2D eigenvalue weighted by molar-refractivity contribution is -0.155. The molecule has 0 bridgehead atoms. The number of nitriles is 1. The van der Waals surface area contributed by atoms with E-state index in [-0.39, 0.29) is 6.42 Å². The normalized spacial score (nSPS) is 17.3. The van der Waals surface area contributed by atoms with Crippen LogP contribution in [0.2, 0.25) is 0 Å². The molecule has 0 saturated heterocycles. The van der Waals surface area contributed by atoms with Gasteiger partial charge in [-0.15, -0.1) is 0 Å². The highest BCUT2D eigenvalue weighted by Gasteiger charge is 2.35. The fourth-order valence-corrected chi connectivity index (χ4v) is 2.96. The van der Waals surface area contributed by atoms with Crippen molar-refractivity contribution in [2.45, 2.75) is 63.5 Å². The molecule has 1 amide bonds. The molecule has 1 N–H and O–H groups in total. The molecule has 1 fully saturated rings. The highest BCUT2D eigenvalue weighted by molar-refractivity contribution is 5.84. The molecule has 1 aromatic rings. The first-order valence-corrected chi connectivity index (χ1v) is 8.51. The quantitative estimate of drug-likeness (QED) is 0.814. The standard InChI is InChI=1S/C19H24N2O3/c1-15(18(23)21-19(14-20)12-6-3-7-13-19)24-17(22)11-10-16-8-4-2-5-9-16/h2,4-5,8-9,15H,3,6-7,10-13H2,1H3,(H,21,23)/t15-/m0/s1. The Kier molecular flexibility index (Phi) is 6.36. The van der Waals surface area contributed by atoms with E-state index in [4.69, 9.17) is 4.74 Å². The zero-order valence-corrected chi connectivity index (χ0v) is 14.1. The van der Waals surface area contributed by atoms with Gasteiger partial charge < -0.3 is 10.1 Å². The Morgan fingerprint density at radius 1 is 1.25 bits per heavy atom. The summed E-state index contributed by atoms with van der Waals surface area (Å²) in [5.74, 6) is -0.803. The van der Waals surface area contributed by atoms with Gasteiger partial charge in [-0.25, -0.2) is 0 Å². The number of aryl methyl sites for hydroxylation is 1. The summed E-state index contributed by atoms with van der Waals surface area (Å²) < 4.78 is 5.20. The number of benzene rings is 1. The Bertz CT molecular complexity index is 601. The third-order valence-electron chi connectivity index (χ3n) is 4.42. The van der Waals surface area contributed by atoms with Crippen LogP contribution in [0.15, 0.2) is 30.3 Å². The number of rotatable bonds is 6. The van der Waals surface area contributed by atoms with Crippen molar-refractivity contribution in [2.75, 3.05) is 0 Å². The van der Waals surface area contributed by atoms with E-state index in [1.165, 1.54) is 0 Å². The topological polar surface area (TPSA) is 79.2 Å². The molecule has 5 heteroatoms. The van der Waals surface area contributed by atoms with E-state index in [1.54, 1.807) is 6.92 Å². The van der Waals surface area contributed by atoms with Crippen molar-refractivity contribution in [1.29, 1.82) is 5.26 Å². The predicted octanol–water partition coefficient (Wildman–Crippen LogP) is 2.89. The summed E-state index contributed by atoms with van der Waals surface area (Å²) in [4.78, 5) is 24.2. The van der Waals surface area contributed by atoms with E-state index in [9.17, 15) is 14.9 Å². The first kappa shape index (κ1) is 18.0. The minimum atomic E-state index is -0.888. The number of carbonyl (C=O) groups excluding carboxylic acids is 2. The van der Waals surface area contributed by atoms with Gasteiger partial charge in [-0.2, -0.15) is 5.26 Å². The van der Waals surface area contributed by atoms with Gasteiger partial charge >= 0.3 is 5.97 Å². The van der Waals surface area contributed by atoms with Gasteiger partial charge in [0.2, 0.25) is 0 Å². The van der Waals surface area contributed by atoms with Crippen molar-refractivity contribution in [3.63, 3.8) is 0 Å². The molecule has 1 saturated carbocycles. The van der Waals surface area contributed by atoms with Crippen LogP contribution < -0.4 is 5.32 Å². The molecule has 1 aliphatic rings. The summed E-state index contributed by atoms with van der Waals surface area (Å²) in [5, 5.41) is 12.2. The number of esters is 1. The van der Waals surface area contributed by atoms with Crippen LogP contribution in [0.25, 0.3) is 0 Å². The molecule has 1 atom stereocenters. The summed E-state index contributed by atoms with van der Waals surface area (Å²) in [6.07, 6.45) is 4.18. The van der Waals surface area contributed by atoms with Crippen molar-refractivity contribution in [2.24, 2.45) is 0 Å². The van der Waals surface area contributed by atoms with Crippen molar-refractivity contribution in [3.8, 4) is 6.07 Å². The Balaban J connectivity index is 1.80. The third kappa shape index (κ3) is 5.09. The second-order valence-electron chi connectivity index (χ2n) is 6.36. The van der Waals surface area contributed by atoms with Gasteiger partial charge in [0.15, 0.2) is 6.10 Å². The maximum Gasteiger partial charge on any atom is 0.306 e. The van der Waals surface area contributed by atoms with Crippen molar-refractivity contribution >= 4 is 11.9 Å². The number of nitrogens with one attached hydrogen (secondary N) is 1. The second kappa shape index (κ2) is 8.49. The number of nitrogens with zero attached hydrogens (tertiary/aromatic N) is 1. The molecular weight excluding hydrogens is 304 g/mol. The fourth-order valence-electron chi connectivity index (χ4n) is 2.96. The Morgan fingerprint density at radius 3 is 2.54 bits per heavy atom. The number of hydrogen-bond acceptors (Lipinski definition) is 4. The van der Waals surface area contributed by atoms with Gasteiger partial charge in [0, 0.05) is 6.42 Å². The van der Waals surface area contributed by atoms with E-state index in [2.05, 4.69) is 11.4 Å². The maximum atomic E-state index is 12.2. The molecule has 0 unspecified atom stereocenters. The van der Waals surface area contributed by atoms with Gasteiger partial charge in [0.1, 0.15) is 5.54 Å². The molecule has 2 rings (SSSR count). The average molecular weight is 328 g/mol. The molecular formula is C19H24N2O3. The van der Waals surface area contributed by atoms with Crippen LogP contribution in [-0.4, -0.2) is 23.5 Å². The third-order valence-corrected chi connectivity index (χ3v) is 4.42. The van der Waals surface area contributed by atoms with Crippen molar-refractivity contribution in [3.05, 3.63) is 35.9 Å². The highest BCUT2D eigenvalue weighted by atomic mass is 16.5. The van der Waals surface area contributed by atoms with Crippen LogP contribution in [0.1, 0.15) is 51.0 Å². The molecule has 24 heavy (non-hydrogen) atoms. The lowest BCUT2D eigenvalue weighted by Gasteiger charge is -2.32. The number of hydrogen-bond donors (Lipinski definition) is 1. The number of amides is 1. The summed E-state index contributed by atoms with van der Waals surface area (Å²) in [7, 11) is 0. The first-order valence-electron chi connectivity index (χ1n) is 8.51. The molecule has 5 nitrogen and oxygen atoms in total. The van der Waals surface area contributed by atoms with Gasteiger partial charge in [0.25, 0.3) is 5.91 Å². The Morgan fingerprint density at radius 2 is 1.92 bits per heavy atom. The van der Waals surface area contributed by atoms with Gasteiger partial charge in [-0.3, -0.25) is 9.59 Å². The average Bonchev–Trinajstić information content (AvgIpc) is 2.61. The first-order chi connectivity index (χ1) is 11.5. The molecule has 0 heterocycles. The highest BCUT2D eigenvalue weighted by Crippen LogP contribution is 2.27. The summed E-state index contributed by atoms with van der Waals surface area (Å²) >= 11 is 0. The summed E-state index contributed by atoms with van der Waals surface area (Å²) in [5.41, 5.74) is 0.247. The van der Waals surface area contributed by atoms with Crippen LogP contribution in [0, 0.1) is 11.3 Å². The number of carbonyl (C=O) groups is 2. The van der Waals surface area contributed by atoms with Gasteiger partial charge in [-0.05, 0) is 31.7 Å². The van der Waals surface area contributed by atoms with Crippen LogP contribution >= 0.6 is 0 Å². The second-order valence-corrected chi connectivity index (χ2v) is 6.36. The van der Waals surface area contributed by atoms with E-state index in [0.29, 0.717) is 19.3 Å². The van der Waals surface area contributed by atoms with Crippen LogP contribution in [0.5, 0.6) is 0 Å². The van der Waals surface area contributed by atoms with Crippen LogP contribution in [0.4, 0.5) is 0 Å². The minimum absolute atomic E-state index is 0.227. The van der Waals surface area contributed by atoms with E-state index in [1.807, 2.05) is 30.3 Å². The lowest BCUT2D eigenvalue weighted by atomic mass is 9.83. The SMILES string of the molecule is C[C@H](OC(=O)CCc1ccccc1)C(=O)NC1(C#N)CCCCC1. The fraction of sp³-hybridized carbons (Fsp3) is 0.526. The lowest BCUT2D eigenvalue weighted by Crippen LogP contribution is -2.52. The minimum Gasteiger partial charge on any atom is -0.453 e. The molecule has 0 radical (unpaired) electrons. The summed E-state index contributed by atoms with van der Waals surface area (Å²) in [6.45, 7) is 1.55. The summed E-state index contributed by atoms with van der Waals surface area (Å²) in [6, 6.07) is 11.9. The van der Waals surface area contributed by atoms with Gasteiger partial charge in [0.05, 0.1) is 6.07 Å².